The van der Waals surface area contributed by atoms with Gasteiger partial charge in [0.1, 0.15) is 12.7 Å². The van der Waals surface area contributed by atoms with Crippen LogP contribution in [0.2, 0.25) is 0 Å². The molecule has 3 N–H and O–H groups in total. The number of hydrogen-bond donors (Lipinski definition) is 3. The Balaban J connectivity index is 4.55. The molecule has 0 rings (SSSR count). The van der Waals surface area contributed by atoms with E-state index in [2.05, 4.69) is 79.1 Å². The van der Waals surface area contributed by atoms with Gasteiger partial charge in [-0.05, 0) is 76.7 Å². The number of ether oxygens (including phenoxy) is 2. The number of allylic oxidation sites excluding steroid dienone is 16. The third-order valence-electron chi connectivity index (χ3n) is 8.21. The Bertz CT molecular complexity index is 1340. The van der Waals surface area contributed by atoms with Gasteiger partial charge in [0, 0.05) is 19.3 Å². The van der Waals surface area contributed by atoms with E-state index in [0.717, 1.165) is 70.6 Å². The summed E-state index contributed by atoms with van der Waals surface area (Å²) in [7, 11) is -4.67. The summed E-state index contributed by atoms with van der Waals surface area (Å²) in [4.78, 5) is 46.9. The maximum Gasteiger partial charge on any atom is 0.472 e. The van der Waals surface area contributed by atoms with Gasteiger partial charge in [0.2, 0.25) is 0 Å². The fraction of sp³-hybridized carbons (Fsp3) is 0.587. The van der Waals surface area contributed by atoms with Crippen molar-refractivity contribution in [3.05, 3.63) is 97.2 Å². The molecule has 0 amide bonds. The molecule has 1 unspecified atom stereocenters. The average molecular weight is 833 g/mol. The molecule has 0 aromatic rings. The lowest BCUT2D eigenvalue weighted by molar-refractivity contribution is -0.161. The predicted octanol–water partition coefficient (Wildman–Crippen LogP) is 10.4. The topological polar surface area (TPSA) is 166 Å². The Hall–Kier alpha value is -3.44. The number of phosphoric acid groups is 1. The van der Waals surface area contributed by atoms with Crippen LogP contribution in [0.15, 0.2) is 97.2 Å². The Morgan fingerprint density at radius 2 is 1.14 bits per heavy atom. The Kier molecular flexibility index (Phi) is 38.0. The summed E-state index contributed by atoms with van der Waals surface area (Å²) in [6, 6.07) is 0. The van der Waals surface area contributed by atoms with Crippen LogP contribution in [-0.4, -0.2) is 71.5 Å². The summed E-state index contributed by atoms with van der Waals surface area (Å²) in [5.41, 5.74) is 0. The van der Waals surface area contributed by atoms with Crippen molar-refractivity contribution in [2.75, 3.05) is 26.4 Å². The molecule has 0 spiro atoms. The van der Waals surface area contributed by atoms with Crippen LogP contribution in [0.3, 0.4) is 0 Å². The van der Waals surface area contributed by atoms with Crippen LogP contribution >= 0.6 is 7.82 Å². The molecule has 0 bridgehead atoms. The first-order valence-electron chi connectivity index (χ1n) is 21.1. The smallest absolute Gasteiger partial charge is 0.462 e. The molecule has 0 heterocycles. The molecule has 0 aliphatic rings. The van der Waals surface area contributed by atoms with Gasteiger partial charge >= 0.3 is 19.8 Å². The molecule has 0 aromatic carbocycles. The largest absolute Gasteiger partial charge is 0.472 e. The zero-order valence-corrected chi connectivity index (χ0v) is 36.1. The van der Waals surface area contributed by atoms with Crippen LogP contribution in [-0.2, 0) is 37.5 Å². The molecule has 328 valence electrons. The summed E-state index contributed by atoms with van der Waals surface area (Å²) in [5, 5.41) is 18.3. The van der Waals surface area contributed by atoms with E-state index >= 15 is 0 Å². The van der Waals surface area contributed by atoms with Gasteiger partial charge < -0.3 is 24.6 Å². The van der Waals surface area contributed by atoms with Gasteiger partial charge in [0.15, 0.2) is 11.9 Å². The lowest BCUT2D eigenvalue weighted by Gasteiger charge is -2.20. The molecule has 0 aromatic heterocycles. The highest BCUT2D eigenvalue weighted by molar-refractivity contribution is 7.47. The lowest BCUT2D eigenvalue weighted by atomic mass is 10.1. The van der Waals surface area contributed by atoms with Crippen molar-refractivity contribution in [1.29, 1.82) is 0 Å². The average Bonchev–Trinajstić information content (AvgIpc) is 3.21. The highest BCUT2D eigenvalue weighted by Crippen LogP contribution is 2.43. The number of carbonyl (C=O) groups excluding carboxylic acids is 3. The second kappa shape index (κ2) is 40.3. The van der Waals surface area contributed by atoms with E-state index in [9.17, 15) is 28.9 Å². The first kappa shape index (κ1) is 54.6. The quantitative estimate of drug-likeness (QED) is 0.0135. The molecule has 58 heavy (non-hydrogen) atoms. The number of ketones is 1. The number of hydrogen-bond acceptors (Lipinski definition) is 10. The Labute approximate surface area is 349 Å². The van der Waals surface area contributed by atoms with E-state index in [1.807, 2.05) is 24.3 Å². The standard InChI is InChI=1S/C46H73O11P/c1-3-5-7-9-11-12-13-14-15-16-17-18-19-20-21-22-24-28-33-37-46(51)57-44(41-56-58(52,53)55-39-43(49)38-47)40-54-45(50)36-32-29-25-27-31-35-42(48)34-30-26-23-10-8-6-4-2/h5,7,11-12,14-15,17-18,20-21,23-24,26,28,30,34,43-44,47,49H,3-4,6,8-10,13,16,19,22,25,27,29,31-33,35-41H2,1-2H3,(H,52,53)/b7-5-,12-11-,15-14-,18-17-,21-20-,26-23-,28-24-,34-30+/t43-,44+/m0/s1. The monoisotopic (exact) mass is 832 g/mol. The highest BCUT2D eigenvalue weighted by Gasteiger charge is 2.27. The first-order chi connectivity index (χ1) is 28.1. The van der Waals surface area contributed by atoms with Crippen molar-refractivity contribution in [3.8, 4) is 0 Å². The number of unbranched alkanes of at least 4 members (excludes halogenated alkanes) is 7. The van der Waals surface area contributed by atoms with Crippen molar-refractivity contribution in [2.24, 2.45) is 0 Å². The van der Waals surface area contributed by atoms with Crippen LogP contribution in [0, 0.1) is 0 Å². The Morgan fingerprint density at radius 1 is 0.586 bits per heavy atom. The molecule has 12 heteroatoms. The van der Waals surface area contributed by atoms with E-state index in [0.29, 0.717) is 25.7 Å². The van der Waals surface area contributed by atoms with Crippen molar-refractivity contribution in [2.45, 2.75) is 148 Å². The highest BCUT2D eigenvalue weighted by atomic mass is 31.2. The first-order valence-corrected chi connectivity index (χ1v) is 22.6. The zero-order chi connectivity index (χ0) is 42.8. The van der Waals surface area contributed by atoms with Crippen LogP contribution in [0.4, 0.5) is 0 Å². The molecule has 0 saturated heterocycles. The van der Waals surface area contributed by atoms with Crippen molar-refractivity contribution in [3.63, 3.8) is 0 Å². The van der Waals surface area contributed by atoms with Gasteiger partial charge in [-0.2, -0.15) is 0 Å². The van der Waals surface area contributed by atoms with Crippen molar-refractivity contribution < 1.29 is 52.6 Å². The summed E-state index contributed by atoms with van der Waals surface area (Å²) in [6.07, 6.45) is 44.9. The van der Waals surface area contributed by atoms with E-state index < -0.39 is 58.4 Å². The van der Waals surface area contributed by atoms with Crippen LogP contribution < -0.4 is 0 Å². The van der Waals surface area contributed by atoms with Gasteiger partial charge in [-0.25, -0.2) is 4.57 Å². The van der Waals surface area contributed by atoms with Crippen LogP contribution in [0.5, 0.6) is 0 Å². The molecular weight excluding hydrogens is 759 g/mol. The normalized spacial score (nSPS) is 14.7. The van der Waals surface area contributed by atoms with Crippen LogP contribution in [0.1, 0.15) is 136 Å². The SMILES string of the molecule is CC/C=C\C/C=C\C/C=C\C/C=C\C/C=C\C/C=C\CCC(=O)O[C@H](COC(=O)CCCCCCCC(=O)/C=C/C=C\CCCCC)COP(=O)(O)OC[C@@H](O)CO. The fourth-order valence-corrected chi connectivity index (χ4v) is 5.73. The maximum absolute atomic E-state index is 12.6. The summed E-state index contributed by atoms with van der Waals surface area (Å²) in [6.45, 7) is 1.96. The molecule has 0 fully saturated rings. The second-order valence-corrected chi connectivity index (χ2v) is 15.1. The van der Waals surface area contributed by atoms with Crippen molar-refractivity contribution in [1.82, 2.24) is 0 Å². The Morgan fingerprint density at radius 3 is 1.72 bits per heavy atom. The van der Waals surface area contributed by atoms with Crippen LogP contribution in [0.25, 0.3) is 0 Å². The number of aliphatic hydroxyl groups is 2. The fourth-order valence-electron chi connectivity index (χ4n) is 4.94. The predicted molar refractivity (Wildman–Crippen MR) is 233 cm³/mol. The third-order valence-corrected chi connectivity index (χ3v) is 9.16. The summed E-state index contributed by atoms with van der Waals surface area (Å²) < 4.78 is 32.5. The minimum absolute atomic E-state index is 0.0284. The van der Waals surface area contributed by atoms with Gasteiger partial charge in [-0.3, -0.25) is 23.4 Å². The number of carbonyl (C=O) groups is 3. The summed E-state index contributed by atoms with van der Waals surface area (Å²) >= 11 is 0. The molecule has 0 saturated carbocycles. The van der Waals surface area contributed by atoms with Gasteiger partial charge in [-0.1, -0.05) is 137 Å². The van der Waals surface area contributed by atoms with Crippen molar-refractivity contribution >= 4 is 25.5 Å². The van der Waals surface area contributed by atoms with E-state index in [1.165, 1.54) is 12.8 Å². The molecule has 0 aliphatic carbocycles. The molecular formula is C46H73O11P. The number of rotatable bonds is 38. The van der Waals surface area contributed by atoms with E-state index in [4.69, 9.17) is 19.1 Å². The zero-order valence-electron chi connectivity index (χ0n) is 35.2. The van der Waals surface area contributed by atoms with Gasteiger partial charge in [0.25, 0.3) is 0 Å². The second-order valence-electron chi connectivity index (χ2n) is 13.7. The minimum atomic E-state index is -4.67. The number of phosphoric ester groups is 1. The lowest BCUT2D eigenvalue weighted by Crippen LogP contribution is -2.29. The molecule has 0 aliphatic heterocycles. The maximum atomic E-state index is 12.6. The van der Waals surface area contributed by atoms with Gasteiger partial charge in [0.05, 0.1) is 19.8 Å². The molecule has 3 atom stereocenters. The third kappa shape index (κ3) is 39.4. The van der Waals surface area contributed by atoms with E-state index in [1.54, 1.807) is 12.2 Å². The minimum Gasteiger partial charge on any atom is -0.462 e. The van der Waals surface area contributed by atoms with E-state index in [-0.39, 0.29) is 18.6 Å². The number of esters is 2. The molecule has 0 radical (unpaired) electrons. The summed E-state index contributed by atoms with van der Waals surface area (Å²) in [5.74, 6) is -1.03. The number of aliphatic hydroxyl groups excluding tert-OH is 2. The van der Waals surface area contributed by atoms with Gasteiger partial charge in [-0.15, -0.1) is 0 Å². The molecule has 11 nitrogen and oxygen atoms in total.